The molecule has 21 heavy (non-hydrogen) atoms. The summed E-state index contributed by atoms with van der Waals surface area (Å²) in [4.78, 5) is 23.7. The SMILES string of the molecule is CCCC(=O)[O][Sn]([O]C(=O)CCC)([O]C(C)C)[O]C(C)C. The first-order valence-electron chi connectivity index (χ1n) is 7.54. The Morgan fingerprint density at radius 2 is 1.14 bits per heavy atom. The predicted molar refractivity (Wildman–Crippen MR) is 80.2 cm³/mol. The Hall–Kier alpha value is -0.341. The Labute approximate surface area is 133 Å². The number of hydrogen-bond acceptors (Lipinski definition) is 6. The van der Waals surface area contributed by atoms with Gasteiger partial charge < -0.3 is 0 Å². The molecule has 0 aromatic heterocycles. The van der Waals surface area contributed by atoms with Crippen LogP contribution in [0.15, 0.2) is 0 Å². The van der Waals surface area contributed by atoms with E-state index in [-0.39, 0.29) is 25.0 Å². The number of rotatable bonds is 10. The Morgan fingerprint density at radius 1 is 0.810 bits per heavy atom. The van der Waals surface area contributed by atoms with Crippen LogP contribution in [0.5, 0.6) is 0 Å². The van der Waals surface area contributed by atoms with Crippen LogP contribution in [0.25, 0.3) is 0 Å². The van der Waals surface area contributed by atoms with Gasteiger partial charge in [-0.3, -0.25) is 0 Å². The molecule has 0 aromatic carbocycles. The summed E-state index contributed by atoms with van der Waals surface area (Å²) < 4.78 is 22.2. The Kier molecular flexibility index (Phi) is 10.2. The summed E-state index contributed by atoms with van der Waals surface area (Å²) in [6.07, 6.45) is 1.26. The molecule has 0 fully saturated rings. The summed E-state index contributed by atoms with van der Waals surface area (Å²) in [7, 11) is 0. The van der Waals surface area contributed by atoms with E-state index in [1.807, 2.05) is 13.8 Å². The van der Waals surface area contributed by atoms with Crippen molar-refractivity contribution in [3.05, 3.63) is 0 Å². The zero-order valence-corrected chi connectivity index (χ0v) is 16.8. The molecule has 124 valence electrons. The maximum absolute atomic E-state index is 11.8. The normalized spacial score (nSPS) is 11.8. The van der Waals surface area contributed by atoms with Gasteiger partial charge in [0, 0.05) is 0 Å². The van der Waals surface area contributed by atoms with E-state index >= 15 is 0 Å². The van der Waals surface area contributed by atoms with E-state index < -0.39 is 32.0 Å². The van der Waals surface area contributed by atoms with Gasteiger partial charge in [-0.1, -0.05) is 0 Å². The van der Waals surface area contributed by atoms with E-state index in [0.717, 1.165) is 0 Å². The van der Waals surface area contributed by atoms with Gasteiger partial charge in [0.15, 0.2) is 0 Å². The fourth-order valence-electron chi connectivity index (χ4n) is 1.51. The molecule has 0 bridgehead atoms. The molecule has 0 aliphatic carbocycles. The molecule has 0 saturated carbocycles. The van der Waals surface area contributed by atoms with E-state index in [1.54, 1.807) is 27.7 Å². The van der Waals surface area contributed by atoms with E-state index in [4.69, 9.17) is 12.3 Å². The summed E-state index contributed by atoms with van der Waals surface area (Å²) >= 11 is -4.70. The summed E-state index contributed by atoms with van der Waals surface area (Å²) in [5.74, 6) is -0.891. The van der Waals surface area contributed by atoms with Crippen LogP contribution >= 0.6 is 0 Å². The Morgan fingerprint density at radius 3 is 1.38 bits per heavy atom. The fraction of sp³-hybridized carbons (Fsp3) is 0.857. The van der Waals surface area contributed by atoms with Crippen molar-refractivity contribution in [3.63, 3.8) is 0 Å². The van der Waals surface area contributed by atoms with Crippen molar-refractivity contribution in [2.45, 2.75) is 79.4 Å². The van der Waals surface area contributed by atoms with Crippen molar-refractivity contribution >= 4 is 32.0 Å². The van der Waals surface area contributed by atoms with Crippen LogP contribution in [0.3, 0.4) is 0 Å². The monoisotopic (exact) mass is 412 g/mol. The molecule has 0 amide bonds. The second-order valence-electron chi connectivity index (χ2n) is 5.28. The Balaban J connectivity index is 5.19. The van der Waals surface area contributed by atoms with Crippen LogP contribution in [-0.2, 0) is 21.9 Å². The van der Waals surface area contributed by atoms with Crippen LogP contribution in [0.1, 0.15) is 67.2 Å². The van der Waals surface area contributed by atoms with Gasteiger partial charge in [0.05, 0.1) is 0 Å². The van der Waals surface area contributed by atoms with Gasteiger partial charge in [-0.05, 0) is 0 Å². The van der Waals surface area contributed by atoms with Gasteiger partial charge in [-0.2, -0.15) is 0 Å². The van der Waals surface area contributed by atoms with Crippen molar-refractivity contribution in [1.82, 2.24) is 0 Å². The van der Waals surface area contributed by atoms with E-state index in [1.165, 1.54) is 0 Å². The molecule has 0 unspecified atom stereocenters. The molecule has 0 atom stereocenters. The summed E-state index contributed by atoms with van der Waals surface area (Å²) in [5.41, 5.74) is 0. The van der Waals surface area contributed by atoms with Crippen molar-refractivity contribution in [3.8, 4) is 0 Å². The van der Waals surface area contributed by atoms with Crippen molar-refractivity contribution in [2.24, 2.45) is 0 Å². The average molecular weight is 411 g/mol. The topological polar surface area (TPSA) is 71.1 Å². The molecule has 0 aliphatic heterocycles. The molecule has 0 radical (unpaired) electrons. The molecule has 0 aromatic rings. The third-order valence-corrected chi connectivity index (χ3v) is 9.21. The molecular formula is C14H28O6Sn. The zero-order valence-electron chi connectivity index (χ0n) is 13.9. The number of hydrogen-bond donors (Lipinski definition) is 0. The summed E-state index contributed by atoms with van der Waals surface area (Å²) in [6.45, 7) is 10.9. The maximum atomic E-state index is 11.8. The van der Waals surface area contributed by atoms with Crippen LogP contribution in [0, 0.1) is 0 Å². The van der Waals surface area contributed by atoms with E-state index in [2.05, 4.69) is 0 Å². The van der Waals surface area contributed by atoms with Gasteiger partial charge in [-0.25, -0.2) is 0 Å². The van der Waals surface area contributed by atoms with E-state index in [9.17, 15) is 9.59 Å². The van der Waals surface area contributed by atoms with Gasteiger partial charge in [0.25, 0.3) is 0 Å². The third kappa shape index (κ3) is 9.31. The molecule has 0 N–H and O–H groups in total. The second kappa shape index (κ2) is 10.4. The van der Waals surface area contributed by atoms with Crippen molar-refractivity contribution in [1.29, 1.82) is 0 Å². The predicted octanol–water partition coefficient (Wildman–Crippen LogP) is 2.96. The first-order valence-corrected chi connectivity index (χ1v) is 12.2. The summed E-state index contributed by atoms with van der Waals surface area (Å²) in [5, 5.41) is 0. The zero-order chi connectivity index (χ0) is 16.5. The Bertz CT molecular complexity index is 297. The minimum atomic E-state index is -4.70. The molecule has 0 rings (SSSR count). The second-order valence-corrected chi connectivity index (χ2v) is 10.6. The molecule has 0 spiro atoms. The third-order valence-electron chi connectivity index (χ3n) is 2.15. The average Bonchev–Trinajstić information content (AvgIpc) is 2.26. The molecule has 7 heteroatoms. The van der Waals surface area contributed by atoms with Gasteiger partial charge in [0.2, 0.25) is 0 Å². The molecular weight excluding hydrogens is 383 g/mol. The molecule has 6 nitrogen and oxygen atoms in total. The number of carbonyl (C=O) groups excluding carboxylic acids is 2. The van der Waals surface area contributed by atoms with Crippen LogP contribution in [0.4, 0.5) is 0 Å². The molecule has 0 saturated heterocycles. The first-order chi connectivity index (χ1) is 9.74. The quantitative estimate of drug-likeness (QED) is 0.515. The first kappa shape index (κ1) is 20.7. The number of carbonyl (C=O) groups is 2. The van der Waals surface area contributed by atoms with Gasteiger partial charge >= 0.3 is 133 Å². The van der Waals surface area contributed by atoms with Gasteiger partial charge in [-0.15, -0.1) is 0 Å². The standard InChI is InChI=1S/2C4H8O2.2C3H7O.Sn/c2*1-2-3-4(5)6;2*1-3(2)4;/h2*2-3H2,1H3,(H,5,6);2*3H,1-2H3;/q;;2*-1;+4/p-2. The molecule has 0 aliphatic rings. The van der Waals surface area contributed by atoms with Gasteiger partial charge in [0.1, 0.15) is 0 Å². The van der Waals surface area contributed by atoms with Crippen LogP contribution in [-0.4, -0.2) is 44.2 Å². The summed E-state index contributed by atoms with van der Waals surface area (Å²) in [6, 6.07) is 0. The van der Waals surface area contributed by atoms with Crippen molar-refractivity contribution < 1.29 is 21.9 Å². The fourth-order valence-corrected chi connectivity index (χ4v) is 7.81. The van der Waals surface area contributed by atoms with Crippen LogP contribution in [0.2, 0.25) is 0 Å². The van der Waals surface area contributed by atoms with Crippen LogP contribution < -0.4 is 0 Å². The molecule has 0 heterocycles. The minimum absolute atomic E-state index is 0.243. The van der Waals surface area contributed by atoms with Crippen molar-refractivity contribution in [2.75, 3.05) is 0 Å². The van der Waals surface area contributed by atoms with E-state index in [0.29, 0.717) is 12.8 Å².